The molecule has 21 heavy (non-hydrogen) atoms. The number of nitriles is 1. The third kappa shape index (κ3) is 4.34. The molecular weight excluding hydrogens is 278 g/mol. The molecule has 0 heterocycles. The molecule has 2 rings (SSSR count). The molecule has 0 unspecified atom stereocenters. The van der Waals surface area contributed by atoms with E-state index in [4.69, 9.17) is 5.26 Å². The number of rotatable bonds is 5. The van der Waals surface area contributed by atoms with Gasteiger partial charge in [0.2, 0.25) is 0 Å². The van der Waals surface area contributed by atoms with E-state index < -0.39 is 0 Å². The first-order valence-corrected chi connectivity index (χ1v) is 7.67. The second kappa shape index (κ2) is 7.47. The lowest BCUT2D eigenvalue weighted by Crippen LogP contribution is -1.93. The SMILES string of the molecule is CCSc1ccc(C(=O)C=Cc2cccc(C#N)c2)cc1. The average molecular weight is 293 g/mol. The van der Waals surface area contributed by atoms with Crippen molar-refractivity contribution in [1.82, 2.24) is 0 Å². The van der Waals surface area contributed by atoms with Crippen LogP contribution in [0.25, 0.3) is 6.08 Å². The molecule has 0 aliphatic rings. The van der Waals surface area contributed by atoms with E-state index in [1.165, 1.54) is 4.90 Å². The fraction of sp³-hybridized carbons (Fsp3) is 0.111. The zero-order valence-corrected chi connectivity index (χ0v) is 12.6. The first-order valence-electron chi connectivity index (χ1n) is 6.68. The largest absolute Gasteiger partial charge is 0.289 e. The highest BCUT2D eigenvalue weighted by Gasteiger charge is 2.02. The van der Waals surface area contributed by atoms with E-state index in [0.717, 1.165) is 11.3 Å². The van der Waals surface area contributed by atoms with Gasteiger partial charge in [-0.1, -0.05) is 25.1 Å². The number of allylic oxidation sites excluding steroid dienone is 1. The van der Waals surface area contributed by atoms with Crippen molar-refractivity contribution in [2.75, 3.05) is 5.75 Å². The summed E-state index contributed by atoms with van der Waals surface area (Å²) < 4.78 is 0. The normalized spacial score (nSPS) is 10.5. The number of hydrogen-bond acceptors (Lipinski definition) is 3. The molecule has 0 atom stereocenters. The highest BCUT2D eigenvalue weighted by Crippen LogP contribution is 2.18. The van der Waals surface area contributed by atoms with Gasteiger partial charge >= 0.3 is 0 Å². The van der Waals surface area contributed by atoms with Gasteiger partial charge in [0, 0.05) is 10.5 Å². The number of hydrogen-bond donors (Lipinski definition) is 0. The van der Waals surface area contributed by atoms with Crippen LogP contribution in [-0.4, -0.2) is 11.5 Å². The van der Waals surface area contributed by atoms with Crippen LogP contribution >= 0.6 is 11.8 Å². The van der Waals surface area contributed by atoms with Crippen LogP contribution in [0.4, 0.5) is 0 Å². The summed E-state index contributed by atoms with van der Waals surface area (Å²) >= 11 is 1.75. The predicted octanol–water partition coefficient (Wildman–Crippen LogP) is 4.57. The van der Waals surface area contributed by atoms with Gasteiger partial charge in [-0.05, 0) is 53.8 Å². The van der Waals surface area contributed by atoms with E-state index in [1.807, 2.05) is 30.3 Å². The van der Waals surface area contributed by atoms with Gasteiger partial charge in [-0.2, -0.15) is 5.26 Å². The van der Waals surface area contributed by atoms with Gasteiger partial charge in [0.15, 0.2) is 5.78 Å². The molecule has 0 aliphatic carbocycles. The van der Waals surface area contributed by atoms with Crippen molar-refractivity contribution in [2.45, 2.75) is 11.8 Å². The van der Waals surface area contributed by atoms with E-state index >= 15 is 0 Å². The highest BCUT2D eigenvalue weighted by molar-refractivity contribution is 7.99. The summed E-state index contributed by atoms with van der Waals surface area (Å²) in [6.07, 6.45) is 3.27. The van der Waals surface area contributed by atoms with Gasteiger partial charge in [0.05, 0.1) is 11.6 Å². The molecule has 104 valence electrons. The van der Waals surface area contributed by atoms with Crippen LogP contribution in [0, 0.1) is 11.3 Å². The predicted molar refractivity (Wildman–Crippen MR) is 87.4 cm³/mol. The Balaban J connectivity index is 2.09. The molecule has 0 radical (unpaired) electrons. The minimum Gasteiger partial charge on any atom is -0.289 e. The van der Waals surface area contributed by atoms with Crippen LogP contribution in [0.15, 0.2) is 59.5 Å². The Kier molecular flexibility index (Phi) is 5.36. The molecule has 0 N–H and O–H groups in total. The Morgan fingerprint density at radius 2 is 2.00 bits per heavy atom. The summed E-state index contributed by atoms with van der Waals surface area (Å²) in [6, 6.07) is 16.9. The van der Waals surface area contributed by atoms with Gasteiger partial charge in [-0.25, -0.2) is 0 Å². The lowest BCUT2D eigenvalue weighted by molar-refractivity contribution is 0.104. The quantitative estimate of drug-likeness (QED) is 0.461. The number of carbonyl (C=O) groups is 1. The smallest absolute Gasteiger partial charge is 0.185 e. The second-order valence-electron chi connectivity index (χ2n) is 4.39. The number of carbonyl (C=O) groups excluding carboxylic acids is 1. The van der Waals surface area contributed by atoms with Gasteiger partial charge < -0.3 is 0 Å². The van der Waals surface area contributed by atoms with Crippen LogP contribution in [0.5, 0.6) is 0 Å². The Bertz CT molecular complexity index is 696. The second-order valence-corrected chi connectivity index (χ2v) is 5.73. The van der Waals surface area contributed by atoms with Crippen LogP contribution in [0.3, 0.4) is 0 Å². The zero-order valence-electron chi connectivity index (χ0n) is 11.7. The molecule has 0 amide bonds. The molecule has 2 aromatic rings. The molecule has 0 fully saturated rings. The fourth-order valence-corrected chi connectivity index (χ4v) is 2.52. The molecule has 0 saturated carbocycles. The maximum absolute atomic E-state index is 12.1. The van der Waals surface area contributed by atoms with Gasteiger partial charge in [0.25, 0.3) is 0 Å². The lowest BCUT2D eigenvalue weighted by atomic mass is 10.1. The van der Waals surface area contributed by atoms with Crippen LogP contribution < -0.4 is 0 Å². The average Bonchev–Trinajstić information content (AvgIpc) is 2.54. The van der Waals surface area contributed by atoms with Crippen molar-refractivity contribution < 1.29 is 4.79 Å². The Morgan fingerprint density at radius 1 is 1.24 bits per heavy atom. The highest BCUT2D eigenvalue weighted by atomic mass is 32.2. The summed E-state index contributed by atoms with van der Waals surface area (Å²) in [7, 11) is 0. The summed E-state index contributed by atoms with van der Waals surface area (Å²) in [5.41, 5.74) is 2.11. The third-order valence-electron chi connectivity index (χ3n) is 2.89. The molecule has 2 nitrogen and oxygen atoms in total. The standard InChI is InChI=1S/C18H15NOS/c1-2-21-17-9-7-16(8-10-17)18(20)11-6-14-4-3-5-15(12-14)13-19/h3-12H,2H2,1H3. The molecule has 0 bridgehead atoms. The van der Waals surface area contributed by atoms with Gasteiger partial charge in [-0.15, -0.1) is 11.8 Å². The van der Waals surface area contributed by atoms with E-state index in [2.05, 4.69) is 13.0 Å². The fourth-order valence-electron chi connectivity index (χ4n) is 1.86. The van der Waals surface area contributed by atoms with E-state index in [0.29, 0.717) is 11.1 Å². The van der Waals surface area contributed by atoms with Crippen molar-refractivity contribution in [1.29, 1.82) is 5.26 Å². The van der Waals surface area contributed by atoms with Crippen molar-refractivity contribution in [2.24, 2.45) is 0 Å². The molecule has 0 spiro atoms. The molecule has 0 saturated heterocycles. The lowest BCUT2D eigenvalue weighted by Gasteiger charge is -2.00. The van der Waals surface area contributed by atoms with Crippen molar-refractivity contribution >= 4 is 23.6 Å². The maximum atomic E-state index is 12.1. The minimum atomic E-state index is -0.0367. The summed E-state index contributed by atoms with van der Waals surface area (Å²) in [6.45, 7) is 2.10. The molecule has 0 aromatic heterocycles. The van der Waals surface area contributed by atoms with E-state index in [-0.39, 0.29) is 5.78 Å². The van der Waals surface area contributed by atoms with Crippen molar-refractivity contribution in [3.05, 3.63) is 71.3 Å². The summed E-state index contributed by atoms with van der Waals surface area (Å²) in [5.74, 6) is 0.980. The zero-order chi connectivity index (χ0) is 15.1. The molecule has 2 aromatic carbocycles. The third-order valence-corrected chi connectivity index (χ3v) is 3.79. The molecule has 0 aliphatic heterocycles. The van der Waals surface area contributed by atoms with Gasteiger partial charge in [0.1, 0.15) is 0 Å². The maximum Gasteiger partial charge on any atom is 0.185 e. The van der Waals surface area contributed by atoms with E-state index in [1.54, 1.807) is 42.1 Å². The Morgan fingerprint density at radius 3 is 2.67 bits per heavy atom. The topological polar surface area (TPSA) is 40.9 Å². The van der Waals surface area contributed by atoms with Crippen LogP contribution in [0.2, 0.25) is 0 Å². The monoisotopic (exact) mass is 293 g/mol. The molecular formula is C18H15NOS. The Hall–Kier alpha value is -2.31. The van der Waals surface area contributed by atoms with Crippen LogP contribution in [-0.2, 0) is 0 Å². The Labute approximate surface area is 129 Å². The number of benzene rings is 2. The first kappa shape index (κ1) is 15.1. The number of nitrogens with zero attached hydrogens (tertiary/aromatic N) is 1. The molecule has 3 heteroatoms. The number of ketones is 1. The van der Waals surface area contributed by atoms with Crippen LogP contribution in [0.1, 0.15) is 28.4 Å². The minimum absolute atomic E-state index is 0.0367. The number of thioether (sulfide) groups is 1. The summed E-state index contributed by atoms with van der Waals surface area (Å²) in [5, 5.41) is 8.84. The first-order chi connectivity index (χ1) is 10.2. The summed E-state index contributed by atoms with van der Waals surface area (Å²) in [4.78, 5) is 13.2. The van der Waals surface area contributed by atoms with Crippen molar-refractivity contribution in [3.8, 4) is 6.07 Å². The van der Waals surface area contributed by atoms with E-state index in [9.17, 15) is 4.79 Å². The van der Waals surface area contributed by atoms with Crippen molar-refractivity contribution in [3.63, 3.8) is 0 Å². The van der Waals surface area contributed by atoms with Gasteiger partial charge in [-0.3, -0.25) is 4.79 Å².